The van der Waals surface area contributed by atoms with Crippen LogP contribution in [-0.2, 0) is 17.8 Å². The fourth-order valence-corrected chi connectivity index (χ4v) is 2.57. The van der Waals surface area contributed by atoms with Crippen molar-refractivity contribution < 1.29 is 14.3 Å². The molecule has 0 atom stereocenters. The van der Waals surface area contributed by atoms with Crippen LogP contribution in [-0.4, -0.2) is 19.1 Å². The van der Waals surface area contributed by atoms with Gasteiger partial charge in [0.25, 0.3) is 0 Å². The number of carbonyl (C=O) groups excluding carboxylic acids is 1. The molecule has 1 amide bonds. The Morgan fingerprint density at radius 2 is 1.56 bits per heavy atom. The molecule has 0 bridgehead atoms. The van der Waals surface area contributed by atoms with E-state index in [0.29, 0.717) is 31.9 Å². The van der Waals surface area contributed by atoms with Crippen LogP contribution in [0.4, 0.5) is 0 Å². The van der Waals surface area contributed by atoms with Crippen molar-refractivity contribution in [2.75, 3.05) is 13.2 Å². The van der Waals surface area contributed by atoms with E-state index in [9.17, 15) is 4.79 Å². The number of ether oxygens (including phenoxy) is 2. The van der Waals surface area contributed by atoms with E-state index in [4.69, 9.17) is 9.47 Å². The molecule has 2 aromatic carbocycles. The Kier molecular flexibility index (Phi) is 6.87. The summed E-state index contributed by atoms with van der Waals surface area (Å²) in [7, 11) is 0. The molecule has 2 aromatic rings. The number of hydrogen-bond acceptors (Lipinski definition) is 3. The van der Waals surface area contributed by atoms with Crippen molar-refractivity contribution in [3.63, 3.8) is 0 Å². The molecule has 0 aliphatic rings. The molecule has 1 N–H and O–H groups in total. The predicted molar refractivity (Wildman–Crippen MR) is 100 cm³/mol. The van der Waals surface area contributed by atoms with Gasteiger partial charge in [-0.2, -0.15) is 0 Å². The van der Waals surface area contributed by atoms with E-state index in [1.165, 1.54) is 11.1 Å². The molecule has 0 saturated heterocycles. The average molecular weight is 341 g/mol. The summed E-state index contributed by atoms with van der Waals surface area (Å²) in [4.78, 5) is 12.2. The van der Waals surface area contributed by atoms with Crippen LogP contribution >= 0.6 is 0 Å². The quantitative estimate of drug-likeness (QED) is 0.790. The van der Waals surface area contributed by atoms with Crippen molar-refractivity contribution in [1.29, 1.82) is 0 Å². The molecule has 2 rings (SSSR count). The Labute approximate surface area is 150 Å². The summed E-state index contributed by atoms with van der Waals surface area (Å²) in [6, 6.07) is 11.9. The number of carbonyl (C=O) groups is 1. The molecular formula is C21H27NO3. The second kappa shape index (κ2) is 9.11. The van der Waals surface area contributed by atoms with E-state index in [1.807, 2.05) is 38.1 Å². The van der Waals surface area contributed by atoms with E-state index in [1.54, 1.807) is 0 Å². The third kappa shape index (κ3) is 5.52. The number of benzene rings is 2. The van der Waals surface area contributed by atoms with Gasteiger partial charge in [0.15, 0.2) is 11.5 Å². The maximum atomic E-state index is 12.2. The van der Waals surface area contributed by atoms with Crippen molar-refractivity contribution in [3.05, 3.63) is 58.7 Å². The molecule has 0 unspecified atom stereocenters. The third-order valence-electron chi connectivity index (χ3n) is 4.03. The summed E-state index contributed by atoms with van der Waals surface area (Å²) < 4.78 is 11.2. The number of amides is 1. The Morgan fingerprint density at radius 3 is 2.24 bits per heavy atom. The van der Waals surface area contributed by atoms with Crippen LogP contribution in [0.1, 0.15) is 36.1 Å². The van der Waals surface area contributed by atoms with Gasteiger partial charge >= 0.3 is 0 Å². The molecule has 0 spiro atoms. The molecule has 0 aliphatic heterocycles. The van der Waals surface area contributed by atoms with Crippen LogP contribution < -0.4 is 14.8 Å². The summed E-state index contributed by atoms with van der Waals surface area (Å²) >= 11 is 0. The highest BCUT2D eigenvalue weighted by Gasteiger charge is 2.08. The van der Waals surface area contributed by atoms with Gasteiger partial charge in [0.05, 0.1) is 19.6 Å². The van der Waals surface area contributed by atoms with Gasteiger partial charge in [0, 0.05) is 6.54 Å². The fraction of sp³-hybridized carbons (Fsp3) is 0.381. The summed E-state index contributed by atoms with van der Waals surface area (Å²) in [6.07, 6.45) is 0.385. The Hall–Kier alpha value is -2.49. The summed E-state index contributed by atoms with van der Waals surface area (Å²) in [5, 5.41) is 2.97. The highest BCUT2D eigenvalue weighted by molar-refractivity contribution is 5.78. The Balaban J connectivity index is 1.96. The topological polar surface area (TPSA) is 47.6 Å². The largest absolute Gasteiger partial charge is 0.490 e. The highest BCUT2D eigenvalue weighted by atomic mass is 16.5. The Morgan fingerprint density at radius 1 is 0.880 bits per heavy atom. The van der Waals surface area contributed by atoms with E-state index in [-0.39, 0.29) is 5.91 Å². The Bertz CT molecular complexity index is 725. The normalized spacial score (nSPS) is 10.4. The van der Waals surface area contributed by atoms with Crippen LogP contribution in [0, 0.1) is 13.8 Å². The van der Waals surface area contributed by atoms with Gasteiger partial charge in [-0.05, 0) is 62.1 Å². The zero-order chi connectivity index (χ0) is 18.2. The van der Waals surface area contributed by atoms with Crippen LogP contribution in [0.3, 0.4) is 0 Å². The van der Waals surface area contributed by atoms with E-state index < -0.39 is 0 Å². The minimum atomic E-state index is 0.00935. The van der Waals surface area contributed by atoms with Crippen molar-refractivity contribution >= 4 is 5.91 Å². The summed E-state index contributed by atoms with van der Waals surface area (Å²) in [5.41, 5.74) is 4.46. The molecule has 4 nitrogen and oxygen atoms in total. The standard InChI is InChI=1S/C21H27NO3/c1-5-24-19-10-9-18(12-20(19)25-6-2)14-22-21(23)13-17-8-7-15(3)16(4)11-17/h7-12H,5-6,13-14H2,1-4H3,(H,22,23). The average Bonchev–Trinajstić information content (AvgIpc) is 2.59. The van der Waals surface area contributed by atoms with Crippen molar-refractivity contribution in [2.45, 2.75) is 40.7 Å². The molecule has 25 heavy (non-hydrogen) atoms. The van der Waals surface area contributed by atoms with Crippen molar-refractivity contribution in [2.24, 2.45) is 0 Å². The first-order valence-corrected chi connectivity index (χ1v) is 8.74. The SMILES string of the molecule is CCOc1ccc(CNC(=O)Cc2ccc(C)c(C)c2)cc1OCC. The van der Waals surface area contributed by atoms with Gasteiger partial charge < -0.3 is 14.8 Å². The lowest BCUT2D eigenvalue weighted by atomic mass is 10.0. The summed E-state index contributed by atoms with van der Waals surface area (Å²) in [5.74, 6) is 1.45. The lowest BCUT2D eigenvalue weighted by Crippen LogP contribution is -2.24. The van der Waals surface area contributed by atoms with Crippen LogP contribution in [0.5, 0.6) is 11.5 Å². The second-order valence-corrected chi connectivity index (χ2v) is 6.02. The van der Waals surface area contributed by atoms with Gasteiger partial charge in [0.1, 0.15) is 0 Å². The number of aryl methyl sites for hydroxylation is 2. The van der Waals surface area contributed by atoms with Gasteiger partial charge in [-0.25, -0.2) is 0 Å². The van der Waals surface area contributed by atoms with Gasteiger partial charge in [-0.1, -0.05) is 24.3 Å². The monoisotopic (exact) mass is 341 g/mol. The number of rotatable bonds is 8. The maximum Gasteiger partial charge on any atom is 0.224 e. The minimum absolute atomic E-state index is 0.00935. The lowest BCUT2D eigenvalue weighted by molar-refractivity contribution is -0.120. The number of nitrogens with one attached hydrogen (secondary N) is 1. The zero-order valence-electron chi connectivity index (χ0n) is 15.5. The molecule has 134 valence electrons. The molecule has 0 aliphatic carbocycles. The first kappa shape index (κ1) is 18.8. The van der Waals surface area contributed by atoms with Crippen molar-refractivity contribution in [1.82, 2.24) is 5.32 Å². The van der Waals surface area contributed by atoms with Crippen molar-refractivity contribution in [3.8, 4) is 11.5 Å². The smallest absolute Gasteiger partial charge is 0.224 e. The van der Waals surface area contributed by atoms with E-state index >= 15 is 0 Å². The molecular weight excluding hydrogens is 314 g/mol. The molecule has 0 radical (unpaired) electrons. The number of hydrogen-bond donors (Lipinski definition) is 1. The first-order chi connectivity index (χ1) is 12.0. The van der Waals surface area contributed by atoms with Crippen LogP contribution in [0.15, 0.2) is 36.4 Å². The van der Waals surface area contributed by atoms with Gasteiger partial charge in [0.2, 0.25) is 5.91 Å². The summed E-state index contributed by atoms with van der Waals surface area (Å²) in [6.45, 7) is 9.64. The minimum Gasteiger partial charge on any atom is -0.490 e. The fourth-order valence-electron chi connectivity index (χ4n) is 2.57. The lowest BCUT2D eigenvalue weighted by Gasteiger charge is -2.13. The molecule has 0 aromatic heterocycles. The first-order valence-electron chi connectivity index (χ1n) is 8.74. The van der Waals surface area contributed by atoms with Crippen LogP contribution in [0.25, 0.3) is 0 Å². The molecule has 0 saturated carbocycles. The van der Waals surface area contributed by atoms with Gasteiger partial charge in [-0.3, -0.25) is 4.79 Å². The zero-order valence-corrected chi connectivity index (χ0v) is 15.5. The molecule has 0 heterocycles. The van der Waals surface area contributed by atoms with E-state index in [2.05, 4.69) is 31.3 Å². The maximum absolute atomic E-state index is 12.2. The van der Waals surface area contributed by atoms with E-state index in [0.717, 1.165) is 16.9 Å². The van der Waals surface area contributed by atoms with Crippen LogP contribution in [0.2, 0.25) is 0 Å². The second-order valence-electron chi connectivity index (χ2n) is 6.02. The predicted octanol–water partition coefficient (Wildman–Crippen LogP) is 3.96. The molecule has 0 fully saturated rings. The van der Waals surface area contributed by atoms with Gasteiger partial charge in [-0.15, -0.1) is 0 Å². The molecule has 4 heteroatoms. The highest BCUT2D eigenvalue weighted by Crippen LogP contribution is 2.28. The third-order valence-corrected chi connectivity index (χ3v) is 4.03.